The number of amides is 1. The van der Waals surface area contributed by atoms with Gasteiger partial charge in [-0.3, -0.25) is 0 Å². The summed E-state index contributed by atoms with van der Waals surface area (Å²) in [5, 5.41) is 10.5. The van der Waals surface area contributed by atoms with Gasteiger partial charge < -0.3 is 19.5 Å². The minimum absolute atomic E-state index is 0.209. The number of rotatable bonds is 6. The summed E-state index contributed by atoms with van der Waals surface area (Å²) in [5.41, 5.74) is 5.53. The normalized spacial score (nSPS) is 15.0. The lowest BCUT2D eigenvalue weighted by Crippen LogP contribution is -2.40. The van der Waals surface area contributed by atoms with Crippen LogP contribution in [-0.2, 0) is 6.42 Å². The van der Waals surface area contributed by atoms with Crippen LogP contribution in [0, 0.1) is 12.8 Å². The van der Waals surface area contributed by atoms with Crippen LogP contribution in [-0.4, -0.2) is 57.4 Å². The van der Waals surface area contributed by atoms with Gasteiger partial charge in [0.2, 0.25) is 5.88 Å². The fourth-order valence-electron chi connectivity index (χ4n) is 4.42. The van der Waals surface area contributed by atoms with Gasteiger partial charge in [-0.2, -0.15) is 0 Å². The third kappa shape index (κ3) is 4.11. The fraction of sp³-hybridized carbons (Fsp3) is 0.360. The molecule has 2 aromatic heterocycles. The Morgan fingerprint density at radius 3 is 2.85 bits per heavy atom. The van der Waals surface area contributed by atoms with E-state index in [4.69, 9.17) is 14.5 Å². The van der Waals surface area contributed by atoms with Crippen molar-refractivity contribution < 1.29 is 19.4 Å². The number of fused-ring (bicyclic) bond motifs is 4. The number of aromatic nitrogens is 3. The number of benzene rings is 2. The molecule has 3 heterocycles. The second kappa shape index (κ2) is 8.72. The molecule has 0 spiro atoms. The maximum absolute atomic E-state index is 11.7. The number of hydrogen-bond acceptors (Lipinski definition) is 7. The number of carboxylic acid groups (broad SMARTS) is 1. The number of hydrogen-bond donors (Lipinski definition) is 1. The van der Waals surface area contributed by atoms with Crippen molar-refractivity contribution >= 4 is 38.7 Å². The Kier molecular flexibility index (Phi) is 5.73. The van der Waals surface area contributed by atoms with E-state index in [0.717, 1.165) is 48.7 Å². The number of thiazole rings is 1. The van der Waals surface area contributed by atoms with E-state index in [-0.39, 0.29) is 12.0 Å². The lowest BCUT2D eigenvalue weighted by atomic mass is 10.1. The predicted octanol–water partition coefficient (Wildman–Crippen LogP) is 5.16. The number of methoxy groups -OCH3 is 1. The van der Waals surface area contributed by atoms with Gasteiger partial charge in [-0.1, -0.05) is 13.8 Å². The average Bonchev–Trinajstić information content (AvgIpc) is 3.40. The van der Waals surface area contributed by atoms with Crippen LogP contribution < -0.4 is 9.47 Å². The molecule has 1 aliphatic heterocycles. The summed E-state index contributed by atoms with van der Waals surface area (Å²) in [7, 11) is 1.58. The molecule has 1 amide bonds. The Balaban J connectivity index is 1.50. The van der Waals surface area contributed by atoms with Crippen molar-refractivity contribution in [2.24, 2.45) is 5.92 Å². The third-order valence-electron chi connectivity index (χ3n) is 5.83. The van der Waals surface area contributed by atoms with Gasteiger partial charge in [-0.05, 0) is 42.7 Å². The summed E-state index contributed by atoms with van der Waals surface area (Å²) < 4.78 is 12.5. The zero-order valence-corrected chi connectivity index (χ0v) is 20.3. The van der Waals surface area contributed by atoms with E-state index >= 15 is 0 Å². The van der Waals surface area contributed by atoms with E-state index in [0.29, 0.717) is 25.4 Å². The molecule has 9 heteroatoms. The maximum atomic E-state index is 11.7. The average molecular weight is 479 g/mol. The highest BCUT2D eigenvalue weighted by molar-refractivity contribution is 7.22. The molecule has 1 atom stereocenters. The Labute approximate surface area is 201 Å². The molecule has 0 aliphatic carbocycles. The summed E-state index contributed by atoms with van der Waals surface area (Å²) in [5.74, 6) is 1.53. The smallest absolute Gasteiger partial charge is 0.407 e. The van der Waals surface area contributed by atoms with E-state index in [1.165, 1.54) is 4.90 Å². The van der Waals surface area contributed by atoms with Crippen LogP contribution in [0.4, 0.5) is 4.79 Å². The zero-order chi connectivity index (χ0) is 24.0. The first-order chi connectivity index (χ1) is 16.3. The van der Waals surface area contributed by atoms with Crippen LogP contribution in [0.15, 0.2) is 30.5 Å². The van der Waals surface area contributed by atoms with Gasteiger partial charge in [0.05, 0.1) is 41.1 Å². The summed E-state index contributed by atoms with van der Waals surface area (Å²) in [6.07, 6.45) is 1.15. The standard InChI is InChI=1S/C25H26N4O4S/c1-13(2)11-29(25(30)31)12-15-9-16-20(33-15)6-5-18-23(16)34-24(28-18)17-7-14(3)8-19-22(17)26-10-21(27-19)32-4/h5-8,10,13,15H,9,11-12H2,1-4H3,(H,30,31)/t15-/m0/s1. The van der Waals surface area contributed by atoms with E-state index in [1.807, 2.05) is 39.0 Å². The first-order valence-electron chi connectivity index (χ1n) is 11.2. The van der Waals surface area contributed by atoms with Crippen LogP contribution in [0.3, 0.4) is 0 Å². The SMILES string of the molecule is COc1cnc2c(-c3nc4ccc5c(c4s3)C[C@@H](CN(CC(C)C)C(=O)O)O5)cc(C)cc2n1. The molecule has 0 radical (unpaired) electrons. The maximum Gasteiger partial charge on any atom is 0.407 e. The molecular formula is C25H26N4O4S. The molecule has 1 N–H and O–H groups in total. The molecule has 176 valence electrons. The Morgan fingerprint density at radius 1 is 1.29 bits per heavy atom. The highest BCUT2D eigenvalue weighted by Crippen LogP contribution is 2.41. The van der Waals surface area contributed by atoms with Crippen LogP contribution in [0.1, 0.15) is 25.0 Å². The van der Waals surface area contributed by atoms with Gasteiger partial charge in [0.15, 0.2) is 0 Å². The van der Waals surface area contributed by atoms with E-state index < -0.39 is 6.09 Å². The van der Waals surface area contributed by atoms with Gasteiger partial charge in [-0.15, -0.1) is 11.3 Å². The molecule has 34 heavy (non-hydrogen) atoms. The molecule has 1 aliphatic rings. The fourth-order valence-corrected chi connectivity index (χ4v) is 5.55. The quantitative estimate of drug-likeness (QED) is 0.409. The lowest BCUT2D eigenvalue weighted by molar-refractivity contribution is 0.110. The molecule has 0 saturated heterocycles. The van der Waals surface area contributed by atoms with Gasteiger partial charge >= 0.3 is 6.09 Å². The lowest BCUT2D eigenvalue weighted by Gasteiger charge is -2.24. The summed E-state index contributed by atoms with van der Waals surface area (Å²) in [4.78, 5) is 27.2. The summed E-state index contributed by atoms with van der Waals surface area (Å²) >= 11 is 1.61. The van der Waals surface area contributed by atoms with Crippen molar-refractivity contribution in [3.63, 3.8) is 0 Å². The topological polar surface area (TPSA) is 97.7 Å². The van der Waals surface area contributed by atoms with Crippen molar-refractivity contribution in [2.75, 3.05) is 20.2 Å². The Hall–Kier alpha value is -3.46. The molecule has 0 unspecified atom stereocenters. The molecule has 0 fully saturated rings. The third-order valence-corrected chi connectivity index (χ3v) is 7.00. The highest BCUT2D eigenvalue weighted by Gasteiger charge is 2.30. The molecule has 0 bridgehead atoms. The number of carbonyl (C=O) groups is 1. The number of nitrogens with zero attached hydrogens (tertiary/aromatic N) is 4. The number of ether oxygens (including phenoxy) is 2. The van der Waals surface area contributed by atoms with Crippen molar-refractivity contribution in [1.29, 1.82) is 0 Å². The highest BCUT2D eigenvalue weighted by atomic mass is 32.1. The molecule has 8 nitrogen and oxygen atoms in total. The van der Waals surface area contributed by atoms with E-state index in [1.54, 1.807) is 24.6 Å². The van der Waals surface area contributed by atoms with Crippen LogP contribution in [0.5, 0.6) is 11.6 Å². The predicted molar refractivity (Wildman–Crippen MR) is 132 cm³/mol. The van der Waals surface area contributed by atoms with Gasteiger partial charge in [-0.25, -0.2) is 19.7 Å². The second-order valence-electron chi connectivity index (χ2n) is 9.03. The van der Waals surface area contributed by atoms with Crippen molar-refractivity contribution in [3.05, 3.63) is 41.6 Å². The van der Waals surface area contributed by atoms with E-state index in [2.05, 4.69) is 16.0 Å². The zero-order valence-electron chi connectivity index (χ0n) is 19.5. The van der Waals surface area contributed by atoms with E-state index in [9.17, 15) is 9.90 Å². The van der Waals surface area contributed by atoms with Crippen molar-refractivity contribution in [3.8, 4) is 22.2 Å². The molecular weight excluding hydrogens is 452 g/mol. The van der Waals surface area contributed by atoms with Gasteiger partial charge in [0.25, 0.3) is 0 Å². The summed E-state index contributed by atoms with van der Waals surface area (Å²) in [6, 6.07) is 7.97. The monoisotopic (exact) mass is 478 g/mol. The second-order valence-corrected chi connectivity index (χ2v) is 10.0. The minimum Gasteiger partial charge on any atom is -0.488 e. The summed E-state index contributed by atoms with van der Waals surface area (Å²) in [6.45, 7) is 6.88. The number of aryl methyl sites for hydroxylation is 1. The van der Waals surface area contributed by atoms with Crippen LogP contribution >= 0.6 is 11.3 Å². The van der Waals surface area contributed by atoms with Crippen molar-refractivity contribution in [2.45, 2.75) is 33.3 Å². The van der Waals surface area contributed by atoms with Crippen molar-refractivity contribution in [1.82, 2.24) is 19.9 Å². The molecule has 4 aromatic rings. The van der Waals surface area contributed by atoms with Crippen LogP contribution in [0.2, 0.25) is 0 Å². The Bertz CT molecular complexity index is 1400. The van der Waals surface area contributed by atoms with Gasteiger partial charge in [0, 0.05) is 24.1 Å². The Morgan fingerprint density at radius 2 is 2.12 bits per heavy atom. The molecule has 0 saturated carbocycles. The molecule has 5 rings (SSSR count). The minimum atomic E-state index is -0.914. The van der Waals surface area contributed by atoms with Crippen LogP contribution in [0.25, 0.3) is 31.8 Å². The first kappa shape index (κ1) is 22.3. The molecule has 2 aromatic carbocycles. The largest absolute Gasteiger partial charge is 0.488 e. The van der Waals surface area contributed by atoms with Gasteiger partial charge in [0.1, 0.15) is 16.9 Å². The first-order valence-corrected chi connectivity index (χ1v) is 12.0.